The largest absolute Gasteiger partial charge is 0.340 e. The average molecular weight is 266 g/mol. The van der Waals surface area contributed by atoms with Crippen molar-refractivity contribution in [2.45, 2.75) is 18.8 Å². The number of benzene rings is 1. The van der Waals surface area contributed by atoms with Crippen LogP contribution >= 0.6 is 0 Å². The molecule has 0 unspecified atom stereocenters. The third-order valence-corrected chi connectivity index (χ3v) is 3.12. The van der Waals surface area contributed by atoms with Crippen LogP contribution in [0.15, 0.2) is 30.3 Å². The highest BCUT2D eigenvalue weighted by Gasteiger charge is 2.27. The summed E-state index contributed by atoms with van der Waals surface area (Å²) < 4.78 is 0. The highest BCUT2D eigenvalue weighted by atomic mass is 15.3. The predicted molar refractivity (Wildman–Crippen MR) is 76.3 cm³/mol. The molecule has 2 aromatic rings. The van der Waals surface area contributed by atoms with Crippen LogP contribution in [-0.2, 0) is 0 Å². The predicted octanol–water partition coefficient (Wildman–Crippen LogP) is 2.25. The van der Waals surface area contributed by atoms with Crippen LogP contribution in [0.25, 0.3) is 0 Å². The maximum absolute atomic E-state index is 8.78. The number of anilines is 3. The third kappa shape index (κ3) is 2.68. The topological polar surface area (TPSA) is 99.7 Å². The molecule has 0 aliphatic heterocycles. The van der Waals surface area contributed by atoms with Gasteiger partial charge in [0.05, 0.1) is 11.6 Å². The van der Waals surface area contributed by atoms with Gasteiger partial charge in [-0.25, -0.2) is 15.8 Å². The molecule has 4 N–H and O–H groups in total. The lowest BCUT2D eigenvalue weighted by Crippen LogP contribution is -2.11. The van der Waals surface area contributed by atoms with Gasteiger partial charge < -0.3 is 10.7 Å². The van der Waals surface area contributed by atoms with Crippen molar-refractivity contribution in [1.29, 1.82) is 5.26 Å². The minimum Gasteiger partial charge on any atom is -0.340 e. The molecule has 1 aromatic heterocycles. The van der Waals surface area contributed by atoms with Crippen molar-refractivity contribution in [1.82, 2.24) is 9.97 Å². The minimum absolute atomic E-state index is 0.449. The number of aromatic nitrogens is 2. The van der Waals surface area contributed by atoms with Crippen molar-refractivity contribution >= 4 is 17.3 Å². The molecule has 20 heavy (non-hydrogen) atoms. The molecule has 0 spiro atoms. The number of nitrogens with two attached hydrogens (primary N) is 1. The van der Waals surface area contributed by atoms with Crippen molar-refractivity contribution in [3.05, 3.63) is 41.7 Å². The zero-order valence-electron chi connectivity index (χ0n) is 10.8. The summed E-state index contributed by atoms with van der Waals surface area (Å²) in [6, 6.07) is 11.0. The summed E-state index contributed by atoms with van der Waals surface area (Å²) in [7, 11) is 0. The molecule has 0 saturated heterocycles. The summed E-state index contributed by atoms with van der Waals surface area (Å²) >= 11 is 0. The smallest absolute Gasteiger partial charge is 0.145 e. The van der Waals surface area contributed by atoms with E-state index >= 15 is 0 Å². The van der Waals surface area contributed by atoms with Gasteiger partial charge in [0, 0.05) is 17.7 Å². The first-order valence-corrected chi connectivity index (χ1v) is 6.41. The van der Waals surface area contributed by atoms with Crippen LogP contribution in [0, 0.1) is 11.3 Å². The Balaban J connectivity index is 1.85. The quantitative estimate of drug-likeness (QED) is 0.579. The summed E-state index contributed by atoms with van der Waals surface area (Å²) in [5.74, 6) is 7.99. The van der Waals surface area contributed by atoms with Crippen molar-refractivity contribution in [3.63, 3.8) is 0 Å². The Morgan fingerprint density at radius 2 is 1.85 bits per heavy atom. The Kier molecular flexibility index (Phi) is 3.19. The molecule has 1 aliphatic carbocycles. The highest BCUT2D eigenvalue weighted by Crippen LogP contribution is 2.38. The second kappa shape index (κ2) is 5.15. The van der Waals surface area contributed by atoms with Gasteiger partial charge in [-0.3, -0.25) is 0 Å². The Hall–Kier alpha value is -2.65. The molecule has 0 atom stereocenters. The van der Waals surface area contributed by atoms with Gasteiger partial charge >= 0.3 is 0 Å². The summed E-state index contributed by atoms with van der Waals surface area (Å²) in [6.07, 6.45) is 2.26. The molecule has 0 amide bonds. The van der Waals surface area contributed by atoms with Crippen molar-refractivity contribution in [2.75, 3.05) is 10.7 Å². The molecule has 6 heteroatoms. The van der Waals surface area contributed by atoms with E-state index in [0.29, 0.717) is 23.1 Å². The lowest BCUT2D eigenvalue weighted by Gasteiger charge is -2.09. The molecule has 1 saturated carbocycles. The molecule has 1 heterocycles. The molecule has 1 aromatic carbocycles. The normalized spacial score (nSPS) is 13.6. The number of nitrogen functional groups attached to an aromatic ring is 1. The van der Waals surface area contributed by atoms with E-state index in [4.69, 9.17) is 11.1 Å². The molecule has 0 bridgehead atoms. The zero-order valence-corrected chi connectivity index (χ0v) is 10.8. The van der Waals surface area contributed by atoms with Crippen LogP contribution in [0.5, 0.6) is 0 Å². The van der Waals surface area contributed by atoms with Gasteiger partial charge in [0.15, 0.2) is 0 Å². The second-order valence-electron chi connectivity index (χ2n) is 4.73. The van der Waals surface area contributed by atoms with Gasteiger partial charge in [-0.05, 0) is 37.1 Å². The SMILES string of the molecule is N#Cc1ccc(Nc2cc(NN)nc(C3CC3)n2)cc1. The van der Waals surface area contributed by atoms with E-state index < -0.39 is 0 Å². The molecule has 1 fully saturated rings. The number of hydrogen-bond donors (Lipinski definition) is 3. The lowest BCUT2D eigenvalue weighted by molar-refractivity contribution is 0.929. The molecular formula is C14H14N6. The number of hydrazine groups is 1. The number of nitriles is 1. The molecular weight excluding hydrogens is 252 g/mol. The fourth-order valence-corrected chi connectivity index (χ4v) is 1.90. The average Bonchev–Trinajstić information content (AvgIpc) is 3.32. The van der Waals surface area contributed by atoms with Crippen LogP contribution in [-0.4, -0.2) is 9.97 Å². The third-order valence-electron chi connectivity index (χ3n) is 3.12. The molecule has 3 rings (SSSR count). The van der Waals surface area contributed by atoms with Gasteiger partial charge in [-0.2, -0.15) is 5.26 Å². The minimum atomic E-state index is 0.449. The second-order valence-corrected chi connectivity index (χ2v) is 4.73. The standard InChI is InChI=1S/C14H14N6/c15-8-9-1-5-11(6-2-9)17-12-7-13(20-16)19-14(18-12)10-3-4-10/h1-2,5-7,10H,3-4,16H2,(H2,17,18,19,20). The number of nitrogens with zero attached hydrogens (tertiary/aromatic N) is 3. The number of nitrogens with one attached hydrogen (secondary N) is 2. The van der Waals surface area contributed by atoms with Crippen molar-refractivity contribution in [3.8, 4) is 6.07 Å². The van der Waals surface area contributed by atoms with E-state index in [9.17, 15) is 0 Å². The van der Waals surface area contributed by atoms with E-state index in [1.807, 2.05) is 12.1 Å². The van der Waals surface area contributed by atoms with E-state index in [-0.39, 0.29) is 0 Å². The fourth-order valence-electron chi connectivity index (χ4n) is 1.90. The van der Waals surface area contributed by atoms with E-state index in [2.05, 4.69) is 26.8 Å². The first-order valence-electron chi connectivity index (χ1n) is 6.41. The highest BCUT2D eigenvalue weighted by molar-refractivity contribution is 5.60. The molecule has 100 valence electrons. The summed E-state index contributed by atoms with van der Waals surface area (Å²) in [4.78, 5) is 8.85. The van der Waals surface area contributed by atoms with Crippen LogP contribution in [0.1, 0.15) is 30.1 Å². The van der Waals surface area contributed by atoms with Crippen molar-refractivity contribution in [2.24, 2.45) is 5.84 Å². The lowest BCUT2D eigenvalue weighted by atomic mass is 10.2. The number of rotatable bonds is 4. The maximum Gasteiger partial charge on any atom is 0.145 e. The first kappa shape index (κ1) is 12.4. The summed E-state index contributed by atoms with van der Waals surface area (Å²) in [5, 5.41) is 12.0. The molecule has 1 aliphatic rings. The van der Waals surface area contributed by atoms with Crippen LogP contribution in [0.3, 0.4) is 0 Å². The zero-order chi connectivity index (χ0) is 13.9. The van der Waals surface area contributed by atoms with Gasteiger partial charge in [0.2, 0.25) is 0 Å². The maximum atomic E-state index is 8.78. The van der Waals surface area contributed by atoms with E-state index in [0.717, 1.165) is 24.4 Å². The van der Waals surface area contributed by atoms with Crippen LogP contribution in [0.2, 0.25) is 0 Å². The van der Waals surface area contributed by atoms with Gasteiger partial charge in [-0.1, -0.05) is 0 Å². The Morgan fingerprint density at radius 3 is 2.45 bits per heavy atom. The van der Waals surface area contributed by atoms with E-state index in [1.165, 1.54) is 0 Å². The Morgan fingerprint density at radius 1 is 1.15 bits per heavy atom. The van der Waals surface area contributed by atoms with Gasteiger partial charge in [-0.15, -0.1) is 0 Å². The Labute approximate surface area is 116 Å². The first-order chi connectivity index (χ1) is 9.78. The van der Waals surface area contributed by atoms with Crippen molar-refractivity contribution < 1.29 is 0 Å². The summed E-state index contributed by atoms with van der Waals surface area (Å²) in [6.45, 7) is 0. The van der Waals surface area contributed by atoms with Gasteiger partial charge in [0.1, 0.15) is 17.5 Å². The fraction of sp³-hybridized carbons (Fsp3) is 0.214. The Bertz CT molecular complexity index is 654. The van der Waals surface area contributed by atoms with Crippen LogP contribution in [0.4, 0.5) is 17.3 Å². The molecule has 0 radical (unpaired) electrons. The number of hydrogen-bond acceptors (Lipinski definition) is 6. The van der Waals surface area contributed by atoms with E-state index in [1.54, 1.807) is 18.2 Å². The molecule has 6 nitrogen and oxygen atoms in total. The van der Waals surface area contributed by atoms with Crippen LogP contribution < -0.4 is 16.6 Å². The summed E-state index contributed by atoms with van der Waals surface area (Å²) in [5.41, 5.74) is 4.05. The monoisotopic (exact) mass is 266 g/mol. The van der Waals surface area contributed by atoms with Gasteiger partial charge in [0.25, 0.3) is 0 Å².